The molecule has 2 aliphatic rings. The normalized spacial score (nSPS) is 35.6. The largest absolute Gasteiger partial charge is 1.00 e. The van der Waals surface area contributed by atoms with E-state index in [4.69, 9.17) is 4.74 Å². The second-order valence-corrected chi connectivity index (χ2v) is 6.36. The molecule has 2 aliphatic heterocycles. The number of likely N-dealkylation sites (tertiary alicyclic amines) is 1. The van der Waals surface area contributed by atoms with Gasteiger partial charge in [0.15, 0.2) is 18.5 Å². The van der Waals surface area contributed by atoms with Gasteiger partial charge in [-0.15, -0.1) is 0 Å². The minimum absolute atomic E-state index is 0. The van der Waals surface area contributed by atoms with Crippen molar-refractivity contribution >= 4 is 5.91 Å². The number of hydrogen-bond acceptors (Lipinski definition) is 6. The van der Waals surface area contributed by atoms with Crippen molar-refractivity contribution in [2.45, 2.75) is 49.5 Å². The monoisotopic (exact) mass is 374 g/mol. The molecule has 1 aromatic heterocycles. The van der Waals surface area contributed by atoms with Crippen molar-refractivity contribution in [1.82, 2.24) is 4.90 Å². The summed E-state index contributed by atoms with van der Waals surface area (Å²) in [5, 5.41) is 39.3. The van der Waals surface area contributed by atoms with Crippen molar-refractivity contribution in [2.75, 3.05) is 13.7 Å². The van der Waals surface area contributed by atoms with E-state index in [1.165, 1.54) is 0 Å². The van der Waals surface area contributed by atoms with Crippen LogP contribution in [-0.4, -0.2) is 69.3 Å². The van der Waals surface area contributed by atoms with Crippen molar-refractivity contribution in [2.24, 2.45) is 0 Å². The Morgan fingerprint density at radius 1 is 1.28 bits per heavy atom. The van der Waals surface area contributed by atoms with E-state index in [1.807, 2.05) is 6.07 Å². The average molecular weight is 375 g/mol. The van der Waals surface area contributed by atoms with Gasteiger partial charge in [0.1, 0.15) is 18.3 Å². The van der Waals surface area contributed by atoms with E-state index in [0.29, 0.717) is 12.8 Å². The summed E-state index contributed by atoms with van der Waals surface area (Å²) < 4.78 is 7.15. The zero-order chi connectivity index (χ0) is 17.4. The van der Waals surface area contributed by atoms with E-state index in [9.17, 15) is 25.2 Å². The van der Waals surface area contributed by atoms with Crippen molar-refractivity contribution in [1.29, 1.82) is 0 Å². The first kappa shape index (κ1) is 20.0. The Morgan fingerprint density at radius 2 is 2.00 bits per heavy atom. The lowest BCUT2D eigenvalue weighted by Crippen LogP contribution is -3.00. The smallest absolute Gasteiger partial charge is 0.292 e. The maximum absolute atomic E-state index is 11.7. The van der Waals surface area contributed by atoms with Crippen molar-refractivity contribution in [3.8, 4) is 0 Å². The number of halogens is 1. The number of carbonyl (C=O) groups excluding carboxylic acids is 1. The molecule has 140 valence electrons. The predicted molar refractivity (Wildman–Crippen MR) is 80.4 cm³/mol. The zero-order valence-electron chi connectivity index (χ0n) is 13.8. The summed E-state index contributed by atoms with van der Waals surface area (Å²) in [6.45, 7) is -0.471. The first-order valence-corrected chi connectivity index (χ1v) is 8.01. The summed E-state index contributed by atoms with van der Waals surface area (Å²) in [5.74, 6) is 0.0863. The number of amides is 1. The lowest BCUT2D eigenvalue weighted by molar-refractivity contribution is -0.778. The molecule has 25 heavy (non-hydrogen) atoms. The summed E-state index contributed by atoms with van der Waals surface area (Å²) in [5.41, 5.74) is 0.891. The maximum Gasteiger partial charge on any atom is 0.292 e. The number of nitrogens with zero attached hydrogens (tertiary/aromatic N) is 2. The van der Waals surface area contributed by atoms with Gasteiger partial charge in [-0.25, -0.2) is 0 Å². The Morgan fingerprint density at radius 3 is 2.60 bits per heavy atom. The van der Waals surface area contributed by atoms with Crippen LogP contribution in [0.5, 0.6) is 0 Å². The SMILES string of the molecule is CN1C(=O)CCC1c1ccc[n+]([C@@H]2OC(CO)[C@@H](O)C(O)[C@@H]2O)c1.[Cl-]. The highest BCUT2D eigenvalue weighted by Gasteiger charge is 2.48. The molecule has 3 heterocycles. The van der Waals surface area contributed by atoms with Gasteiger partial charge in [-0.3, -0.25) is 4.79 Å². The van der Waals surface area contributed by atoms with Crippen LogP contribution in [0.25, 0.3) is 0 Å². The summed E-state index contributed by atoms with van der Waals surface area (Å²) in [6.07, 6.45) is -1.41. The molecular formula is C16H23ClN2O6. The Hall–Kier alpha value is -1.29. The third kappa shape index (κ3) is 3.64. The molecule has 9 heteroatoms. The molecule has 2 fully saturated rings. The second-order valence-electron chi connectivity index (χ2n) is 6.36. The Kier molecular flexibility index (Phi) is 6.36. The van der Waals surface area contributed by atoms with Gasteiger partial charge in [-0.1, -0.05) is 0 Å². The quantitative estimate of drug-likeness (QED) is 0.395. The molecule has 6 atom stereocenters. The highest BCUT2D eigenvalue weighted by molar-refractivity contribution is 5.78. The Labute approximate surface area is 151 Å². The third-order valence-corrected chi connectivity index (χ3v) is 4.88. The summed E-state index contributed by atoms with van der Waals surface area (Å²) in [6, 6.07) is 3.61. The van der Waals surface area contributed by atoms with Gasteiger partial charge in [-0.05, 0) is 12.5 Å². The van der Waals surface area contributed by atoms with Crippen LogP contribution in [0.3, 0.4) is 0 Å². The number of aliphatic hydroxyl groups excluding tert-OH is 4. The molecule has 1 amide bonds. The van der Waals surface area contributed by atoms with Gasteiger partial charge in [0.25, 0.3) is 6.23 Å². The summed E-state index contributed by atoms with van der Waals surface area (Å²) in [4.78, 5) is 13.4. The van der Waals surface area contributed by atoms with Crippen LogP contribution >= 0.6 is 0 Å². The number of hydrogen-bond donors (Lipinski definition) is 4. The molecule has 0 bridgehead atoms. The topological polar surface area (TPSA) is 114 Å². The minimum Gasteiger partial charge on any atom is -1.00 e. The van der Waals surface area contributed by atoms with Gasteiger partial charge >= 0.3 is 0 Å². The van der Waals surface area contributed by atoms with E-state index in [2.05, 4.69) is 0 Å². The molecule has 0 radical (unpaired) electrons. The number of ether oxygens (including phenoxy) is 1. The highest BCUT2D eigenvalue weighted by Crippen LogP contribution is 2.31. The van der Waals surface area contributed by atoms with Gasteiger partial charge in [0.2, 0.25) is 5.91 Å². The maximum atomic E-state index is 11.7. The molecule has 4 N–H and O–H groups in total. The van der Waals surface area contributed by atoms with Crippen LogP contribution in [-0.2, 0) is 9.53 Å². The van der Waals surface area contributed by atoms with E-state index in [0.717, 1.165) is 5.56 Å². The number of aromatic nitrogens is 1. The molecule has 8 nitrogen and oxygen atoms in total. The zero-order valence-corrected chi connectivity index (χ0v) is 14.5. The van der Waals surface area contributed by atoms with Crippen molar-refractivity contribution in [3.63, 3.8) is 0 Å². The number of pyridine rings is 1. The fourth-order valence-corrected chi connectivity index (χ4v) is 3.39. The van der Waals surface area contributed by atoms with E-state index >= 15 is 0 Å². The van der Waals surface area contributed by atoms with Crippen LogP contribution < -0.4 is 17.0 Å². The first-order chi connectivity index (χ1) is 11.4. The van der Waals surface area contributed by atoms with Crippen LogP contribution in [0, 0.1) is 0 Å². The van der Waals surface area contributed by atoms with Crippen LogP contribution in [0.2, 0.25) is 0 Å². The number of rotatable bonds is 3. The second kappa shape index (κ2) is 7.94. The molecule has 0 saturated carbocycles. The average Bonchev–Trinajstić information content (AvgIpc) is 2.92. The fourth-order valence-electron chi connectivity index (χ4n) is 3.39. The molecule has 3 rings (SSSR count). The molecule has 1 aromatic rings. The van der Waals surface area contributed by atoms with Crippen LogP contribution in [0.15, 0.2) is 24.5 Å². The summed E-state index contributed by atoms with van der Waals surface area (Å²) >= 11 is 0. The number of aliphatic hydroxyl groups is 4. The van der Waals surface area contributed by atoms with E-state index in [1.54, 1.807) is 35.0 Å². The molecule has 3 unspecified atom stereocenters. The summed E-state index contributed by atoms with van der Waals surface area (Å²) in [7, 11) is 1.76. The first-order valence-electron chi connectivity index (χ1n) is 8.01. The molecule has 2 saturated heterocycles. The van der Waals surface area contributed by atoms with Gasteiger partial charge in [-0.2, -0.15) is 4.57 Å². The Balaban J connectivity index is 0.00000225. The molecule has 0 aromatic carbocycles. The molecule has 0 spiro atoms. The molecular weight excluding hydrogens is 352 g/mol. The standard InChI is InChI=1S/C16H23N2O6.ClH/c1-17-10(4-5-12(17)20)9-3-2-6-18(7-9)16-15(23)14(22)13(21)11(8-19)24-16;/h2-3,6-7,10-11,13-16,19,21-23H,4-5,8H2,1H3;1H/q+1;/p-1/t10?,11?,13-,14?,15+,16-;/m1./s1. The highest BCUT2D eigenvalue weighted by atomic mass is 35.5. The third-order valence-electron chi connectivity index (χ3n) is 4.88. The van der Waals surface area contributed by atoms with Crippen molar-refractivity contribution < 1.29 is 46.9 Å². The van der Waals surface area contributed by atoms with Gasteiger partial charge in [0.05, 0.1) is 12.6 Å². The van der Waals surface area contributed by atoms with Crippen LogP contribution in [0.4, 0.5) is 0 Å². The van der Waals surface area contributed by atoms with Crippen molar-refractivity contribution in [3.05, 3.63) is 30.1 Å². The van der Waals surface area contributed by atoms with Gasteiger partial charge in [0, 0.05) is 25.1 Å². The van der Waals surface area contributed by atoms with E-state index < -0.39 is 37.3 Å². The van der Waals surface area contributed by atoms with Gasteiger partial charge < -0.3 is 42.5 Å². The minimum atomic E-state index is -1.42. The lowest BCUT2D eigenvalue weighted by atomic mass is 9.98. The number of carbonyl (C=O) groups is 1. The fraction of sp³-hybridized carbons (Fsp3) is 0.625. The predicted octanol–water partition coefficient (Wildman–Crippen LogP) is -4.76. The van der Waals surface area contributed by atoms with Crippen LogP contribution in [0.1, 0.15) is 30.7 Å². The molecule has 0 aliphatic carbocycles. The lowest BCUT2D eigenvalue weighted by Gasteiger charge is -2.36. The van der Waals surface area contributed by atoms with E-state index in [-0.39, 0.29) is 24.4 Å². The Bertz CT molecular complexity index is 616.